The zero-order chi connectivity index (χ0) is 19.7. The van der Waals surface area contributed by atoms with Crippen LogP contribution in [0.3, 0.4) is 0 Å². The number of rotatable bonds is 4. The van der Waals surface area contributed by atoms with Crippen LogP contribution in [-0.4, -0.2) is 15.7 Å². The van der Waals surface area contributed by atoms with E-state index < -0.39 is 0 Å². The van der Waals surface area contributed by atoms with E-state index >= 15 is 0 Å². The van der Waals surface area contributed by atoms with Crippen LogP contribution < -0.4 is 10.9 Å². The summed E-state index contributed by atoms with van der Waals surface area (Å²) in [5, 5.41) is 10.9. The van der Waals surface area contributed by atoms with Gasteiger partial charge in [0.15, 0.2) is 0 Å². The molecule has 0 aliphatic carbocycles. The first-order valence-electron chi connectivity index (χ1n) is 8.62. The highest BCUT2D eigenvalue weighted by molar-refractivity contribution is 7.13. The molecule has 2 aromatic heterocycles. The van der Waals surface area contributed by atoms with Crippen LogP contribution in [0.5, 0.6) is 0 Å². The maximum Gasteiger partial charge on any atom is 0.275 e. The number of fused-ring (bicyclic) bond motifs is 1. The van der Waals surface area contributed by atoms with Gasteiger partial charge < -0.3 is 5.32 Å². The summed E-state index contributed by atoms with van der Waals surface area (Å²) in [4.78, 5) is 26.3. The second-order valence-corrected chi connectivity index (χ2v) is 7.72. The summed E-state index contributed by atoms with van der Waals surface area (Å²) in [6.07, 6.45) is 0. The number of carbonyl (C=O) groups excluding carboxylic acids is 1. The second kappa shape index (κ2) is 7.58. The van der Waals surface area contributed by atoms with Gasteiger partial charge in [0.2, 0.25) is 5.91 Å². The topological polar surface area (TPSA) is 64.0 Å². The van der Waals surface area contributed by atoms with Crippen LogP contribution in [0.15, 0.2) is 64.8 Å². The first kappa shape index (κ1) is 18.4. The van der Waals surface area contributed by atoms with Crippen LogP contribution in [0.1, 0.15) is 5.56 Å². The Labute approximate surface area is 170 Å². The number of hydrogen-bond acceptors (Lipinski definition) is 4. The molecular formula is C21H16ClN3O2S. The van der Waals surface area contributed by atoms with Gasteiger partial charge in [-0.15, -0.1) is 11.3 Å². The number of anilines is 1. The summed E-state index contributed by atoms with van der Waals surface area (Å²) in [6.45, 7) is 1.72. The molecule has 0 saturated carbocycles. The molecule has 7 heteroatoms. The molecule has 4 aromatic rings. The van der Waals surface area contributed by atoms with Crippen LogP contribution in [-0.2, 0) is 11.3 Å². The minimum absolute atomic E-state index is 0.202. The van der Waals surface area contributed by atoms with Gasteiger partial charge in [0, 0.05) is 5.39 Å². The summed E-state index contributed by atoms with van der Waals surface area (Å²) in [5.74, 6) is -0.368. The minimum Gasteiger partial charge on any atom is -0.323 e. The molecule has 0 unspecified atom stereocenters. The normalized spacial score (nSPS) is 10.9. The summed E-state index contributed by atoms with van der Waals surface area (Å²) >= 11 is 7.72. The van der Waals surface area contributed by atoms with Crippen molar-refractivity contribution in [1.82, 2.24) is 9.78 Å². The highest BCUT2D eigenvalue weighted by Crippen LogP contribution is 2.28. The molecule has 0 atom stereocenters. The maximum atomic E-state index is 12.8. The first-order valence-corrected chi connectivity index (χ1v) is 9.88. The smallest absolute Gasteiger partial charge is 0.275 e. The second-order valence-electron chi connectivity index (χ2n) is 6.37. The lowest BCUT2D eigenvalue weighted by atomic mass is 10.1. The van der Waals surface area contributed by atoms with E-state index in [4.69, 9.17) is 11.6 Å². The van der Waals surface area contributed by atoms with Crippen molar-refractivity contribution in [3.8, 4) is 10.6 Å². The maximum absolute atomic E-state index is 12.8. The molecule has 1 amide bonds. The summed E-state index contributed by atoms with van der Waals surface area (Å²) < 4.78 is 1.20. The molecule has 2 heterocycles. The first-order chi connectivity index (χ1) is 13.5. The van der Waals surface area contributed by atoms with Gasteiger partial charge in [-0.25, -0.2) is 4.68 Å². The number of amides is 1. The lowest BCUT2D eigenvalue weighted by Gasteiger charge is -2.11. The molecule has 0 bridgehead atoms. The standard InChI is InChI=1S/C21H16ClN3O2S/c1-13-8-9-17(16(22)11-13)23-19(26)12-25-21(27)15-6-3-2-5-14(15)20(24-25)18-7-4-10-28-18/h2-11H,12H2,1H3,(H,23,26). The number of thiophene rings is 1. The molecule has 1 N–H and O–H groups in total. The Kier molecular flexibility index (Phi) is 4.98. The molecule has 4 rings (SSSR count). The van der Waals surface area contributed by atoms with Gasteiger partial charge in [-0.3, -0.25) is 9.59 Å². The van der Waals surface area contributed by atoms with Crippen LogP contribution >= 0.6 is 22.9 Å². The third-order valence-electron chi connectivity index (χ3n) is 4.31. The molecule has 0 aliphatic heterocycles. The SMILES string of the molecule is Cc1ccc(NC(=O)Cn2nc(-c3cccs3)c3ccccc3c2=O)c(Cl)c1. The average molecular weight is 410 g/mol. The number of halogens is 1. The van der Waals surface area contributed by atoms with Crippen molar-refractivity contribution in [1.29, 1.82) is 0 Å². The van der Waals surface area contributed by atoms with Crippen LogP contribution in [0.4, 0.5) is 5.69 Å². The van der Waals surface area contributed by atoms with E-state index in [0.717, 1.165) is 15.8 Å². The zero-order valence-electron chi connectivity index (χ0n) is 15.0. The van der Waals surface area contributed by atoms with Crippen molar-refractivity contribution >= 4 is 45.3 Å². The van der Waals surface area contributed by atoms with E-state index in [1.807, 2.05) is 42.6 Å². The fourth-order valence-electron chi connectivity index (χ4n) is 2.98. The van der Waals surface area contributed by atoms with E-state index in [1.165, 1.54) is 16.0 Å². The molecule has 140 valence electrons. The van der Waals surface area contributed by atoms with E-state index in [9.17, 15) is 9.59 Å². The van der Waals surface area contributed by atoms with E-state index in [-0.39, 0.29) is 18.0 Å². The molecule has 0 aliphatic rings. The Hall–Kier alpha value is -2.96. The van der Waals surface area contributed by atoms with Crippen molar-refractivity contribution in [2.75, 3.05) is 5.32 Å². The van der Waals surface area contributed by atoms with Crippen molar-refractivity contribution in [2.45, 2.75) is 13.5 Å². The molecule has 0 fully saturated rings. The quantitative estimate of drug-likeness (QED) is 0.530. The molecule has 2 aromatic carbocycles. The third-order valence-corrected chi connectivity index (χ3v) is 5.50. The Balaban J connectivity index is 1.71. The molecule has 0 saturated heterocycles. The van der Waals surface area contributed by atoms with Gasteiger partial charge in [-0.05, 0) is 42.1 Å². The minimum atomic E-state index is -0.368. The number of benzene rings is 2. The van der Waals surface area contributed by atoms with E-state index in [2.05, 4.69) is 10.4 Å². The molecule has 0 radical (unpaired) electrons. The Morgan fingerprint density at radius 1 is 1.14 bits per heavy atom. The van der Waals surface area contributed by atoms with Crippen LogP contribution in [0.2, 0.25) is 5.02 Å². The Morgan fingerprint density at radius 3 is 2.64 bits per heavy atom. The summed E-state index contributed by atoms with van der Waals surface area (Å²) in [6, 6.07) is 16.5. The molecule has 5 nitrogen and oxygen atoms in total. The van der Waals surface area contributed by atoms with Crippen molar-refractivity contribution in [2.24, 2.45) is 0 Å². The van der Waals surface area contributed by atoms with E-state index in [1.54, 1.807) is 24.3 Å². The monoisotopic (exact) mass is 409 g/mol. The zero-order valence-corrected chi connectivity index (χ0v) is 16.6. The number of nitrogens with zero attached hydrogens (tertiary/aromatic N) is 2. The van der Waals surface area contributed by atoms with Crippen LogP contribution in [0, 0.1) is 6.92 Å². The highest BCUT2D eigenvalue weighted by Gasteiger charge is 2.15. The number of aromatic nitrogens is 2. The van der Waals surface area contributed by atoms with Gasteiger partial charge in [-0.2, -0.15) is 5.10 Å². The Morgan fingerprint density at radius 2 is 1.93 bits per heavy atom. The average Bonchev–Trinajstić information content (AvgIpc) is 3.21. The van der Waals surface area contributed by atoms with E-state index in [0.29, 0.717) is 21.8 Å². The molecule has 28 heavy (non-hydrogen) atoms. The van der Waals surface area contributed by atoms with Gasteiger partial charge in [0.25, 0.3) is 5.56 Å². The predicted molar refractivity (Wildman–Crippen MR) is 114 cm³/mol. The van der Waals surface area contributed by atoms with Crippen LogP contribution in [0.25, 0.3) is 21.3 Å². The largest absolute Gasteiger partial charge is 0.323 e. The fourth-order valence-corrected chi connectivity index (χ4v) is 3.99. The fraction of sp³-hybridized carbons (Fsp3) is 0.0952. The Bertz CT molecular complexity index is 1230. The van der Waals surface area contributed by atoms with Gasteiger partial charge in [0.1, 0.15) is 12.2 Å². The van der Waals surface area contributed by atoms with Gasteiger partial charge in [-0.1, -0.05) is 41.9 Å². The summed E-state index contributed by atoms with van der Waals surface area (Å²) in [7, 11) is 0. The predicted octanol–water partition coefficient (Wildman–Crippen LogP) is 4.73. The van der Waals surface area contributed by atoms with Gasteiger partial charge >= 0.3 is 0 Å². The van der Waals surface area contributed by atoms with Crippen molar-refractivity contribution < 1.29 is 4.79 Å². The number of aryl methyl sites for hydroxylation is 1. The molecule has 0 spiro atoms. The lowest BCUT2D eigenvalue weighted by molar-refractivity contribution is -0.117. The lowest BCUT2D eigenvalue weighted by Crippen LogP contribution is -2.30. The third kappa shape index (κ3) is 3.56. The van der Waals surface area contributed by atoms with Crippen molar-refractivity contribution in [3.05, 3.63) is 80.9 Å². The van der Waals surface area contributed by atoms with Gasteiger partial charge in [0.05, 0.1) is 21.0 Å². The number of hydrogen-bond donors (Lipinski definition) is 1. The number of nitrogens with one attached hydrogen (secondary N) is 1. The highest BCUT2D eigenvalue weighted by atomic mass is 35.5. The number of carbonyl (C=O) groups is 1. The molecular weight excluding hydrogens is 394 g/mol. The van der Waals surface area contributed by atoms with Crippen molar-refractivity contribution in [3.63, 3.8) is 0 Å². The summed E-state index contributed by atoms with van der Waals surface area (Å²) in [5.41, 5.74) is 1.88.